The van der Waals surface area contributed by atoms with Crippen molar-refractivity contribution < 1.29 is 9.90 Å². The van der Waals surface area contributed by atoms with Crippen LogP contribution in [-0.4, -0.2) is 11.1 Å². The fourth-order valence-corrected chi connectivity index (χ4v) is 3.86. The van der Waals surface area contributed by atoms with Gasteiger partial charge < -0.3 is 5.11 Å². The highest BCUT2D eigenvalue weighted by atomic mass is 16.4. The zero-order valence-electron chi connectivity index (χ0n) is 9.18. The third kappa shape index (κ3) is 1.06. The summed E-state index contributed by atoms with van der Waals surface area (Å²) in [4.78, 5) is 11.6. The van der Waals surface area contributed by atoms with Gasteiger partial charge in [0.05, 0.1) is 5.41 Å². The number of hydrogen-bond donors (Lipinski definition) is 1. The zero-order chi connectivity index (χ0) is 10.4. The summed E-state index contributed by atoms with van der Waals surface area (Å²) < 4.78 is 0. The van der Waals surface area contributed by atoms with Gasteiger partial charge in [0.15, 0.2) is 0 Å². The van der Waals surface area contributed by atoms with Crippen LogP contribution in [0.5, 0.6) is 0 Å². The van der Waals surface area contributed by atoms with E-state index in [1.807, 2.05) is 0 Å². The Morgan fingerprint density at radius 3 is 2.50 bits per heavy atom. The number of carboxylic acids is 1. The molecule has 0 aromatic rings. The van der Waals surface area contributed by atoms with Crippen molar-refractivity contribution in [2.75, 3.05) is 0 Å². The van der Waals surface area contributed by atoms with Gasteiger partial charge in [0.25, 0.3) is 0 Å². The Balaban J connectivity index is 2.40. The van der Waals surface area contributed by atoms with Gasteiger partial charge in [-0.3, -0.25) is 4.79 Å². The first-order valence-corrected chi connectivity index (χ1v) is 5.74. The molecule has 0 amide bonds. The predicted molar refractivity (Wildman–Crippen MR) is 55.0 cm³/mol. The minimum Gasteiger partial charge on any atom is -0.481 e. The number of fused-ring (bicyclic) bond motifs is 1. The number of aliphatic carboxylic acids is 1. The fourth-order valence-electron chi connectivity index (χ4n) is 3.86. The molecule has 0 aromatic carbocycles. The summed E-state index contributed by atoms with van der Waals surface area (Å²) in [5, 5.41) is 9.53. The lowest BCUT2D eigenvalue weighted by molar-refractivity contribution is -0.161. The molecule has 2 saturated carbocycles. The Labute approximate surface area is 85.7 Å². The lowest BCUT2D eigenvalue weighted by Crippen LogP contribution is -2.46. The van der Waals surface area contributed by atoms with Crippen LogP contribution in [0.2, 0.25) is 0 Å². The Kier molecular flexibility index (Phi) is 2.13. The highest BCUT2D eigenvalue weighted by molar-refractivity contribution is 5.77. The van der Waals surface area contributed by atoms with Crippen molar-refractivity contribution in [2.45, 2.75) is 52.4 Å². The molecule has 0 spiro atoms. The minimum absolute atomic E-state index is 0.00389. The van der Waals surface area contributed by atoms with E-state index in [0.717, 1.165) is 32.1 Å². The maximum atomic E-state index is 11.6. The standard InChI is InChI=1S/C12H20O2/c1-11(2)8-6-9-5-3-4-7-12(9,11)10(13)14/h9H,3-8H2,1-2H3,(H,13,14). The average molecular weight is 196 g/mol. The Morgan fingerprint density at radius 1 is 1.21 bits per heavy atom. The molecule has 0 aromatic heterocycles. The lowest BCUT2D eigenvalue weighted by Gasteiger charge is -2.44. The molecule has 2 nitrogen and oxygen atoms in total. The number of carboxylic acid groups (broad SMARTS) is 1. The van der Waals surface area contributed by atoms with Gasteiger partial charge >= 0.3 is 5.97 Å². The van der Waals surface area contributed by atoms with E-state index in [1.165, 1.54) is 6.42 Å². The van der Waals surface area contributed by atoms with E-state index in [1.54, 1.807) is 0 Å². The zero-order valence-corrected chi connectivity index (χ0v) is 9.18. The van der Waals surface area contributed by atoms with Gasteiger partial charge in [-0.2, -0.15) is 0 Å². The van der Waals surface area contributed by atoms with Crippen molar-refractivity contribution in [1.82, 2.24) is 0 Å². The topological polar surface area (TPSA) is 37.3 Å². The molecule has 80 valence electrons. The van der Waals surface area contributed by atoms with Crippen LogP contribution >= 0.6 is 0 Å². The van der Waals surface area contributed by atoms with Crippen LogP contribution in [0.15, 0.2) is 0 Å². The van der Waals surface area contributed by atoms with Crippen molar-refractivity contribution in [1.29, 1.82) is 0 Å². The first-order chi connectivity index (χ1) is 6.51. The molecule has 14 heavy (non-hydrogen) atoms. The van der Waals surface area contributed by atoms with Gasteiger partial charge in [0, 0.05) is 0 Å². The molecule has 0 aliphatic heterocycles. The van der Waals surface area contributed by atoms with E-state index in [0.29, 0.717) is 5.92 Å². The second-order valence-corrected chi connectivity index (χ2v) is 5.64. The Hall–Kier alpha value is -0.530. The quantitative estimate of drug-likeness (QED) is 0.699. The minimum atomic E-state index is -0.537. The summed E-state index contributed by atoms with van der Waals surface area (Å²) in [6, 6.07) is 0. The second-order valence-electron chi connectivity index (χ2n) is 5.64. The molecule has 2 atom stereocenters. The number of hydrogen-bond acceptors (Lipinski definition) is 1. The molecule has 2 unspecified atom stereocenters. The van der Waals surface area contributed by atoms with Gasteiger partial charge in [0.2, 0.25) is 0 Å². The summed E-state index contributed by atoms with van der Waals surface area (Å²) in [5.41, 5.74) is -0.394. The maximum absolute atomic E-state index is 11.6. The average Bonchev–Trinajstić information content (AvgIpc) is 2.40. The molecule has 0 heterocycles. The van der Waals surface area contributed by atoms with Crippen LogP contribution in [0.4, 0.5) is 0 Å². The van der Waals surface area contributed by atoms with Gasteiger partial charge in [-0.15, -0.1) is 0 Å². The van der Waals surface area contributed by atoms with E-state index < -0.39 is 11.4 Å². The van der Waals surface area contributed by atoms with Crippen LogP contribution in [0.1, 0.15) is 52.4 Å². The highest BCUT2D eigenvalue weighted by Gasteiger charge is 2.60. The van der Waals surface area contributed by atoms with Crippen LogP contribution in [0.3, 0.4) is 0 Å². The van der Waals surface area contributed by atoms with Gasteiger partial charge in [-0.1, -0.05) is 26.7 Å². The van der Waals surface area contributed by atoms with Crippen LogP contribution in [-0.2, 0) is 4.79 Å². The van der Waals surface area contributed by atoms with Crippen LogP contribution < -0.4 is 0 Å². The van der Waals surface area contributed by atoms with Gasteiger partial charge in [-0.25, -0.2) is 0 Å². The summed E-state index contributed by atoms with van der Waals surface area (Å²) >= 11 is 0. The fraction of sp³-hybridized carbons (Fsp3) is 0.917. The first kappa shape index (κ1) is 10.0. The van der Waals surface area contributed by atoms with E-state index in [4.69, 9.17) is 0 Å². The maximum Gasteiger partial charge on any atom is 0.310 e. The van der Waals surface area contributed by atoms with Gasteiger partial charge in [0.1, 0.15) is 0 Å². The normalized spacial score (nSPS) is 40.6. The Bertz CT molecular complexity index is 257. The van der Waals surface area contributed by atoms with E-state index in [-0.39, 0.29) is 5.41 Å². The van der Waals surface area contributed by atoms with Crippen molar-refractivity contribution in [3.05, 3.63) is 0 Å². The molecular weight excluding hydrogens is 176 g/mol. The monoisotopic (exact) mass is 196 g/mol. The molecule has 0 radical (unpaired) electrons. The van der Waals surface area contributed by atoms with E-state index >= 15 is 0 Å². The number of carbonyl (C=O) groups is 1. The summed E-state index contributed by atoms with van der Waals surface area (Å²) in [5.74, 6) is -0.0894. The summed E-state index contributed by atoms with van der Waals surface area (Å²) in [7, 11) is 0. The number of rotatable bonds is 1. The molecule has 0 saturated heterocycles. The summed E-state index contributed by atoms with van der Waals surface area (Å²) in [6.07, 6.45) is 6.58. The molecule has 2 aliphatic rings. The molecular formula is C12H20O2. The largest absolute Gasteiger partial charge is 0.481 e. The first-order valence-electron chi connectivity index (χ1n) is 5.74. The van der Waals surface area contributed by atoms with Gasteiger partial charge in [-0.05, 0) is 37.0 Å². The third-order valence-electron chi connectivity index (χ3n) is 4.78. The highest BCUT2D eigenvalue weighted by Crippen LogP contribution is 2.62. The van der Waals surface area contributed by atoms with Crippen molar-refractivity contribution in [3.63, 3.8) is 0 Å². The smallest absolute Gasteiger partial charge is 0.310 e. The van der Waals surface area contributed by atoms with Crippen molar-refractivity contribution >= 4 is 5.97 Å². The molecule has 0 bridgehead atoms. The van der Waals surface area contributed by atoms with Crippen LogP contribution in [0, 0.1) is 16.7 Å². The second kappa shape index (κ2) is 2.98. The molecule has 1 N–H and O–H groups in total. The molecule has 2 fully saturated rings. The Morgan fingerprint density at radius 2 is 1.93 bits per heavy atom. The van der Waals surface area contributed by atoms with Crippen molar-refractivity contribution in [3.8, 4) is 0 Å². The van der Waals surface area contributed by atoms with Crippen LogP contribution in [0.25, 0.3) is 0 Å². The summed E-state index contributed by atoms with van der Waals surface area (Å²) in [6.45, 7) is 4.29. The van der Waals surface area contributed by atoms with Crippen molar-refractivity contribution in [2.24, 2.45) is 16.7 Å². The molecule has 2 rings (SSSR count). The predicted octanol–water partition coefficient (Wildman–Crippen LogP) is 3.07. The third-order valence-corrected chi connectivity index (χ3v) is 4.78. The molecule has 2 heteroatoms. The van der Waals surface area contributed by atoms with E-state index in [9.17, 15) is 9.90 Å². The SMILES string of the molecule is CC1(C)CCC2CCCCC21C(=O)O. The van der Waals surface area contributed by atoms with E-state index in [2.05, 4.69) is 13.8 Å². The lowest BCUT2D eigenvalue weighted by atomic mass is 9.58. The molecule has 2 aliphatic carbocycles.